The summed E-state index contributed by atoms with van der Waals surface area (Å²) in [7, 11) is 11.5. The molecule has 0 bridgehead atoms. The van der Waals surface area contributed by atoms with Gasteiger partial charge < -0.3 is 33.3 Å². The van der Waals surface area contributed by atoms with Crippen LogP contribution in [0.3, 0.4) is 0 Å². The number of methoxy groups -OCH3 is 6. The van der Waals surface area contributed by atoms with E-state index in [0.29, 0.717) is 47.5 Å². The minimum absolute atomic E-state index is 0.120. The van der Waals surface area contributed by atoms with E-state index < -0.39 is 0 Å². The number of carbonyl (C=O) groups is 1. The summed E-state index contributed by atoms with van der Waals surface area (Å²) < 4.78 is 33.3. The van der Waals surface area contributed by atoms with E-state index in [4.69, 9.17) is 28.4 Å². The van der Waals surface area contributed by atoms with Crippen molar-refractivity contribution in [3.63, 3.8) is 0 Å². The number of amides is 1. The molecule has 4 aromatic rings. The molecule has 0 spiro atoms. The Balaban J connectivity index is 1.65. The van der Waals surface area contributed by atoms with Crippen molar-refractivity contribution in [1.29, 1.82) is 0 Å². The van der Waals surface area contributed by atoms with Gasteiger partial charge in [-0.1, -0.05) is 12.1 Å². The molecule has 0 atom stereocenters. The second-order valence-corrected chi connectivity index (χ2v) is 9.14. The number of hydrogen-bond donors (Lipinski definition) is 0. The lowest BCUT2D eigenvalue weighted by atomic mass is 9.95. The van der Waals surface area contributed by atoms with Crippen molar-refractivity contribution in [2.75, 3.05) is 56.3 Å². The molecule has 4 aromatic carbocycles. The zero-order valence-electron chi connectivity index (χ0n) is 24.0. The highest BCUT2D eigenvalue weighted by atomic mass is 16.5. The summed E-state index contributed by atoms with van der Waals surface area (Å²) in [6.07, 6.45) is 3.90. The predicted molar refractivity (Wildman–Crippen MR) is 158 cm³/mol. The minimum Gasteiger partial charge on any atom is -0.497 e. The SMILES string of the molecule is COc1ccc(C=CC(=O)N(C)CCc2cc(OC)c(OC)c3c2ccc2cc(OC)c(OC)cc23)c(OC)c1. The van der Waals surface area contributed by atoms with Crippen LogP contribution in [0.2, 0.25) is 0 Å². The topological polar surface area (TPSA) is 75.7 Å². The lowest BCUT2D eigenvalue weighted by Gasteiger charge is -2.20. The van der Waals surface area contributed by atoms with Crippen LogP contribution in [0.5, 0.6) is 34.5 Å². The average Bonchev–Trinajstić information content (AvgIpc) is 3.00. The molecule has 0 fully saturated rings. The normalized spacial score (nSPS) is 11.1. The van der Waals surface area contributed by atoms with Crippen LogP contribution in [-0.4, -0.2) is 67.1 Å². The van der Waals surface area contributed by atoms with E-state index in [1.54, 1.807) is 72.8 Å². The van der Waals surface area contributed by atoms with E-state index in [1.165, 1.54) is 0 Å². The van der Waals surface area contributed by atoms with Crippen LogP contribution < -0.4 is 28.4 Å². The molecule has 0 radical (unpaired) electrons. The summed E-state index contributed by atoms with van der Waals surface area (Å²) in [5.41, 5.74) is 1.82. The van der Waals surface area contributed by atoms with E-state index in [2.05, 4.69) is 12.1 Å². The molecule has 40 heavy (non-hydrogen) atoms. The third kappa shape index (κ3) is 5.57. The molecule has 1 amide bonds. The fraction of sp³-hybridized carbons (Fsp3) is 0.281. The molecular weight excluding hydrogens is 510 g/mol. The number of rotatable bonds is 11. The van der Waals surface area contributed by atoms with Crippen molar-refractivity contribution < 1.29 is 33.2 Å². The van der Waals surface area contributed by atoms with Crippen LogP contribution in [0.4, 0.5) is 0 Å². The third-order valence-electron chi connectivity index (χ3n) is 6.99. The standard InChI is InChI=1S/C32H35NO7/c1-33(30(34)13-10-20-8-11-23(35-2)18-26(20)36-3)15-14-22-17-29(39-6)32(40-7)31-24(22)12-9-21-16-27(37-4)28(38-5)19-25(21)31/h8-13,16-19H,14-15H2,1-7H3. The summed E-state index contributed by atoms with van der Waals surface area (Å²) in [6, 6.07) is 15.5. The molecule has 210 valence electrons. The second kappa shape index (κ2) is 12.5. The Morgan fingerprint density at radius 2 is 1.43 bits per heavy atom. The van der Waals surface area contributed by atoms with Gasteiger partial charge in [0.05, 0.1) is 42.7 Å². The Morgan fingerprint density at radius 1 is 0.725 bits per heavy atom. The van der Waals surface area contributed by atoms with Gasteiger partial charge in [0.1, 0.15) is 11.5 Å². The zero-order chi connectivity index (χ0) is 28.8. The Hall–Kier alpha value is -4.59. The number of carbonyl (C=O) groups excluding carboxylic acids is 1. The number of hydrogen-bond acceptors (Lipinski definition) is 7. The molecule has 0 aliphatic carbocycles. The highest BCUT2D eigenvalue weighted by Gasteiger charge is 2.19. The second-order valence-electron chi connectivity index (χ2n) is 9.14. The van der Waals surface area contributed by atoms with Crippen molar-refractivity contribution in [1.82, 2.24) is 4.90 Å². The molecular formula is C32H35NO7. The largest absolute Gasteiger partial charge is 0.497 e. The number of ether oxygens (including phenoxy) is 6. The summed E-state index contributed by atoms with van der Waals surface area (Å²) in [4.78, 5) is 14.6. The number of likely N-dealkylation sites (N-methyl/N-ethyl adjacent to an activating group) is 1. The van der Waals surface area contributed by atoms with Gasteiger partial charge in [-0.25, -0.2) is 0 Å². The van der Waals surface area contributed by atoms with Gasteiger partial charge in [0.25, 0.3) is 0 Å². The Kier molecular flexibility index (Phi) is 8.89. The fourth-order valence-corrected chi connectivity index (χ4v) is 4.79. The van der Waals surface area contributed by atoms with Crippen molar-refractivity contribution in [2.24, 2.45) is 0 Å². The summed E-state index contributed by atoms with van der Waals surface area (Å²) in [5, 5.41) is 3.86. The van der Waals surface area contributed by atoms with Crippen LogP contribution in [0.25, 0.3) is 27.6 Å². The van der Waals surface area contributed by atoms with Crippen LogP contribution in [-0.2, 0) is 11.2 Å². The highest BCUT2D eigenvalue weighted by molar-refractivity contribution is 6.13. The van der Waals surface area contributed by atoms with Gasteiger partial charge in [0.2, 0.25) is 5.91 Å². The lowest BCUT2D eigenvalue weighted by Crippen LogP contribution is -2.27. The third-order valence-corrected chi connectivity index (χ3v) is 6.99. The van der Waals surface area contributed by atoms with Crippen molar-refractivity contribution in [3.05, 3.63) is 65.7 Å². The molecule has 0 aromatic heterocycles. The Labute approximate surface area is 234 Å². The van der Waals surface area contributed by atoms with E-state index >= 15 is 0 Å². The maximum absolute atomic E-state index is 13.0. The fourth-order valence-electron chi connectivity index (χ4n) is 4.79. The molecule has 0 saturated heterocycles. The molecule has 0 aliphatic heterocycles. The van der Waals surface area contributed by atoms with E-state index in [1.807, 2.05) is 30.3 Å². The van der Waals surface area contributed by atoms with Crippen LogP contribution in [0, 0.1) is 0 Å². The van der Waals surface area contributed by atoms with Gasteiger partial charge in [0, 0.05) is 36.7 Å². The summed E-state index contributed by atoms with van der Waals surface area (Å²) >= 11 is 0. The van der Waals surface area contributed by atoms with Crippen molar-refractivity contribution in [3.8, 4) is 34.5 Å². The van der Waals surface area contributed by atoms with Gasteiger partial charge in [0.15, 0.2) is 23.0 Å². The van der Waals surface area contributed by atoms with E-state index in [-0.39, 0.29) is 5.91 Å². The number of fused-ring (bicyclic) bond motifs is 3. The molecule has 0 saturated carbocycles. The van der Waals surface area contributed by atoms with E-state index in [9.17, 15) is 4.79 Å². The monoisotopic (exact) mass is 545 g/mol. The molecule has 0 N–H and O–H groups in total. The predicted octanol–water partition coefficient (Wildman–Crippen LogP) is 5.76. The first-order valence-corrected chi connectivity index (χ1v) is 12.8. The molecule has 8 nitrogen and oxygen atoms in total. The summed E-state index contributed by atoms with van der Waals surface area (Å²) in [5.74, 6) is 3.73. The minimum atomic E-state index is -0.120. The Morgan fingerprint density at radius 3 is 2.08 bits per heavy atom. The molecule has 8 heteroatoms. The molecule has 0 heterocycles. The van der Waals surface area contributed by atoms with Gasteiger partial charge in [-0.15, -0.1) is 0 Å². The van der Waals surface area contributed by atoms with Gasteiger partial charge in [-0.2, -0.15) is 0 Å². The molecule has 0 unspecified atom stereocenters. The first kappa shape index (κ1) is 28.4. The van der Waals surface area contributed by atoms with Crippen LogP contribution in [0.1, 0.15) is 11.1 Å². The number of nitrogens with zero attached hydrogens (tertiary/aromatic N) is 1. The molecule has 0 aliphatic rings. The maximum Gasteiger partial charge on any atom is 0.246 e. The van der Waals surface area contributed by atoms with Crippen molar-refractivity contribution in [2.45, 2.75) is 6.42 Å². The van der Waals surface area contributed by atoms with Crippen LogP contribution >= 0.6 is 0 Å². The van der Waals surface area contributed by atoms with Crippen molar-refractivity contribution >= 4 is 33.5 Å². The highest BCUT2D eigenvalue weighted by Crippen LogP contribution is 2.44. The first-order valence-electron chi connectivity index (χ1n) is 12.8. The van der Waals surface area contributed by atoms with Gasteiger partial charge in [-0.05, 0) is 64.6 Å². The van der Waals surface area contributed by atoms with Crippen LogP contribution in [0.15, 0.2) is 54.6 Å². The lowest BCUT2D eigenvalue weighted by molar-refractivity contribution is -0.124. The summed E-state index contributed by atoms with van der Waals surface area (Å²) in [6.45, 7) is 0.497. The smallest absolute Gasteiger partial charge is 0.246 e. The van der Waals surface area contributed by atoms with Gasteiger partial charge >= 0.3 is 0 Å². The van der Waals surface area contributed by atoms with Gasteiger partial charge in [-0.3, -0.25) is 4.79 Å². The van der Waals surface area contributed by atoms with E-state index in [0.717, 1.165) is 32.7 Å². The molecule has 4 rings (SSSR count). The number of benzene rings is 4. The maximum atomic E-state index is 13.0. The quantitative estimate of drug-likeness (QED) is 0.175. The Bertz CT molecular complexity index is 1560. The zero-order valence-corrected chi connectivity index (χ0v) is 24.0. The first-order chi connectivity index (χ1) is 19.4. The average molecular weight is 546 g/mol.